The lowest BCUT2D eigenvalue weighted by Crippen LogP contribution is -2.47. The summed E-state index contributed by atoms with van der Waals surface area (Å²) in [6.45, 7) is 0.377. The smallest absolute Gasteiger partial charge is 0.325 e. The number of amides is 4. The fourth-order valence-electron chi connectivity index (χ4n) is 3.80. The first-order valence-electron chi connectivity index (χ1n) is 9.80. The zero-order valence-corrected chi connectivity index (χ0v) is 16.1. The number of urea groups is 1. The van der Waals surface area contributed by atoms with Crippen LogP contribution in [0, 0.1) is 10.1 Å². The monoisotopic (exact) mass is 403 g/mol. The maximum Gasteiger partial charge on any atom is 0.325 e. The molecule has 2 aliphatic rings. The Morgan fingerprint density at radius 3 is 2.38 bits per heavy atom. The number of carbonyl (C=O) groups excluding carboxylic acids is 3. The standard InChI is InChI=1S/C19H25N5O5/c25-16(21-12-11-20-14-5-7-15(8-6-14)24(28)29)13-23-17(26)19(22-18(23)27)9-3-1-2-4-10-19/h5-8,20H,1-4,9-13H2,(H,21,25)(H,22,27). The predicted molar refractivity (Wildman–Crippen MR) is 105 cm³/mol. The van der Waals surface area contributed by atoms with Crippen molar-refractivity contribution in [3.63, 3.8) is 0 Å². The number of imide groups is 1. The van der Waals surface area contributed by atoms with Gasteiger partial charge in [-0.25, -0.2) is 4.79 Å². The third kappa shape index (κ3) is 4.82. The summed E-state index contributed by atoms with van der Waals surface area (Å²) in [6, 6.07) is 5.44. The molecule has 10 heteroatoms. The largest absolute Gasteiger partial charge is 0.383 e. The third-order valence-electron chi connectivity index (χ3n) is 5.36. The van der Waals surface area contributed by atoms with Crippen molar-refractivity contribution < 1.29 is 19.3 Å². The number of benzene rings is 1. The average molecular weight is 403 g/mol. The second kappa shape index (κ2) is 8.89. The second-order valence-electron chi connectivity index (χ2n) is 7.40. The van der Waals surface area contributed by atoms with E-state index in [4.69, 9.17) is 0 Å². The molecule has 1 heterocycles. The predicted octanol–water partition coefficient (Wildman–Crippen LogP) is 1.77. The summed E-state index contributed by atoms with van der Waals surface area (Å²) in [4.78, 5) is 48.4. The van der Waals surface area contributed by atoms with Crippen LogP contribution in [0.25, 0.3) is 0 Å². The summed E-state index contributed by atoms with van der Waals surface area (Å²) in [6.07, 6.45) is 5.12. The lowest BCUT2D eigenvalue weighted by atomic mass is 9.90. The Morgan fingerprint density at radius 2 is 1.76 bits per heavy atom. The number of nitro groups is 1. The van der Waals surface area contributed by atoms with Crippen molar-refractivity contribution >= 4 is 29.2 Å². The number of rotatable bonds is 7. The molecule has 0 aromatic heterocycles. The fraction of sp³-hybridized carbons (Fsp3) is 0.526. The van der Waals surface area contributed by atoms with Crippen molar-refractivity contribution in [1.82, 2.24) is 15.5 Å². The SMILES string of the molecule is O=C(CN1C(=O)NC2(CCCCCC2)C1=O)NCCNc1ccc([N+](=O)[O-])cc1. The molecule has 1 aliphatic carbocycles. The Hall–Kier alpha value is -3.17. The summed E-state index contributed by atoms with van der Waals surface area (Å²) in [5, 5.41) is 19.2. The van der Waals surface area contributed by atoms with Gasteiger partial charge in [-0.05, 0) is 25.0 Å². The van der Waals surface area contributed by atoms with Crippen LogP contribution >= 0.6 is 0 Å². The van der Waals surface area contributed by atoms with E-state index in [1.807, 2.05) is 0 Å². The molecule has 1 aromatic carbocycles. The molecule has 0 atom stereocenters. The van der Waals surface area contributed by atoms with Crippen LogP contribution in [0.2, 0.25) is 0 Å². The van der Waals surface area contributed by atoms with Crippen molar-refractivity contribution in [1.29, 1.82) is 0 Å². The van der Waals surface area contributed by atoms with Gasteiger partial charge in [0.2, 0.25) is 5.91 Å². The molecule has 3 rings (SSSR count). The maximum absolute atomic E-state index is 12.8. The molecule has 2 fully saturated rings. The molecule has 0 unspecified atom stereocenters. The van der Waals surface area contributed by atoms with Gasteiger partial charge in [-0.15, -0.1) is 0 Å². The number of nitro benzene ring substituents is 1. The van der Waals surface area contributed by atoms with Gasteiger partial charge in [-0.2, -0.15) is 0 Å². The van der Waals surface area contributed by atoms with Gasteiger partial charge >= 0.3 is 6.03 Å². The highest BCUT2D eigenvalue weighted by molar-refractivity contribution is 6.09. The highest BCUT2D eigenvalue weighted by Gasteiger charge is 2.51. The second-order valence-corrected chi connectivity index (χ2v) is 7.40. The Balaban J connectivity index is 1.44. The van der Waals surface area contributed by atoms with E-state index < -0.39 is 22.4 Å². The van der Waals surface area contributed by atoms with Gasteiger partial charge in [0.15, 0.2) is 0 Å². The Bertz CT molecular complexity index is 787. The van der Waals surface area contributed by atoms with Gasteiger partial charge in [0, 0.05) is 30.9 Å². The Kier molecular flexibility index (Phi) is 6.30. The molecule has 0 bridgehead atoms. The van der Waals surface area contributed by atoms with Gasteiger partial charge in [-0.3, -0.25) is 24.6 Å². The van der Waals surface area contributed by atoms with Gasteiger partial charge in [0.25, 0.3) is 11.6 Å². The van der Waals surface area contributed by atoms with Gasteiger partial charge in [0.05, 0.1) is 4.92 Å². The van der Waals surface area contributed by atoms with Gasteiger partial charge in [0.1, 0.15) is 12.1 Å². The number of carbonyl (C=O) groups is 3. The molecule has 156 valence electrons. The third-order valence-corrected chi connectivity index (χ3v) is 5.36. The molecule has 10 nitrogen and oxygen atoms in total. The zero-order chi connectivity index (χ0) is 20.9. The van der Waals surface area contributed by atoms with Crippen LogP contribution in [-0.4, -0.2) is 52.8 Å². The van der Waals surface area contributed by atoms with Crippen molar-refractivity contribution in [3.8, 4) is 0 Å². The van der Waals surface area contributed by atoms with Crippen LogP contribution in [0.5, 0.6) is 0 Å². The zero-order valence-electron chi connectivity index (χ0n) is 16.1. The van der Waals surface area contributed by atoms with E-state index in [2.05, 4.69) is 16.0 Å². The molecule has 4 amide bonds. The first-order valence-corrected chi connectivity index (χ1v) is 9.80. The van der Waals surface area contributed by atoms with Gasteiger partial charge < -0.3 is 16.0 Å². The normalized spacial score (nSPS) is 18.3. The van der Waals surface area contributed by atoms with Crippen LogP contribution in [0.1, 0.15) is 38.5 Å². The molecule has 0 radical (unpaired) electrons. The molecule has 29 heavy (non-hydrogen) atoms. The number of non-ortho nitro benzene ring substituents is 1. The highest BCUT2D eigenvalue weighted by Crippen LogP contribution is 2.32. The summed E-state index contributed by atoms with van der Waals surface area (Å²) >= 11 is 0. The molecule has 3 N–H and O–H groups in total. The van der Waals surface area contributed by atoms with Gasteiger partial charge in [-0.1, -0.05) is 25.7 Å². The lowest BCUT2D eigenvalue weighted by molar-refractivity contribution is -0.384. The van der Waals surface area contributed by atoms with E-state index in [1.54, 1.807) is 12.1 Å². The lowest BCUT2D eigenvalue weighted by Gasteiger charge is -2.24. The van der Waals surface area contributed by atoms with Crippen molar-refractivity contribution in [3.05, 3.63) is 34.4 Å². The highest BCUT2D eigenvalue weighted by atomic mass is 16.6. The first kappa shape index (κ1) is 20.6. The van der Waals surface area contributed by atoms with E-state index in [0.29, 0.717) is 25.1 Å². The number of nitrogens with zero attached hydrogens (tertiary/aromatic N) is 2. The van der Waals surface area contributed by atoms with Crippen molar-refractivity contribution in [2.75, 3.05) is 25.0 Å². The number of hydrogen-bond acceptors (Lipinski definition) is 6. The molecule has 1 spiro atoms. The molecule has 1 saturated carbocycles. The summed E-state index contributed by atoms with van der Waals surface area (Å²) < 4.78 is 0. The van der Waals surface area contributed by atoms with Crippen LogP contribution in [0.4, 0.5) is 16.2 Å². The summed E-state index contributed by atoms with van der Waals surface area (Å²) in [5.74, 6) is -0.715. The average Bonchev–Trinajstić information content (AvgIpc) is 2.86. The van der Waals surface area contributed by atoms with Crippen molar-refractivity contribution in [2.24, 2.45) is 0 Å². The van der Waals surface area contributed by atoms with Crippen LogP contribution in [0.3, 0.4) is 0 Å². The van der Waals surface area contributed by atoms with E-state index >= 15 is 0 Å². The minimum atomic E-state index is -0.842. The number of anilines is 1. The van der Waals surface area contributed by atoms with E-state index in [-0.39, 0.29) is 24.7 Å². The first-order chi connectivity index (χ1) is 13.9. The van der Waals surface area contributed by atoms with E-state index in [0.717, 1.165) is 30.6 Å². The van der Waals surface area contributed by atoms with E-state index in [9.17, 15) is 24.5 Å². The molecule has 1 aromatic rings. The van der Waals surface area contributed by atoms with Crippen LogP contribution in [0.15, 0.2) is 24.3 Å². The number of nitrogens with one attached hydrogen (secondary N) is 3. The molecular formula is C19H25N5O5. The summed E-state index contributed by atoms with van der Waals surface area (Å²) in [7, 11) is 0. The Morgan fingerprint density at radius 1 is 1.10 bits per heavy atom. The number of hydrogen-bond donors (Lipinski definition) is 3. The van der Waals surface area contributed by atoms with Crippen LogP contribution in [-0.2, 0) is 9.59 Å². The quantitative estimate of drug-likeness (QED) is 0.275. The minimum absolute atomic E-state index is 0.00357. The maximum atomic E-state index is 12.8. The van der Waals surface area contributed by atoms with E-state index in [1.165, 1.54) is 12.1 Å². The van der Waals surface area contributed by atoms with Crippen LogP contribution < -0.4 is 16.0 Å². The molecule has 1 saturated heterocycles. The summed E-state index contributed by atoms with van der Waals surface area (Å²) in [5.41, 5.74) is -0.149. The fourth-order valence-corrected chi connectivity index (χ4v) is 3.80. The van der Waals surface area contributed by atoms with Crippen molar-refractivity contribution in [2.45, 2.75) is 44.1 Å². The molecular weight excluding hydrogens is 378 g/mol. The Labute approximate surface area is 168 Å². The topological polar surface area (TPSA) is 134 Å². The minimum Gasteiger partial charge on any atom is -0.383 e. The molecule has 1 aliphatic heterocycles.